The number of nitrogens with zero attached hydrogens (tertiary/aromatic N) is 5. The zero-order valence-corrected chi connectivity index (χ0v) is 20.7. The lowest BCUT2D eigenvalue weighted by molar-refractivity contribution is 0.223. The van der Waals surface area contributed by atoms with Gasteiger partial charge in [-0.25, -0.2) is 15.0 Å². The summed E-state index contributed by atoms with van der Waals surface area (Å²) in [5, 5.41) is 6.67. The number of anilines is 4. The Kier molecular flexibility index (Phi) is 8.61. The molecule has 2 aromatic carbocycles. The molecular formula is C27H32N8O. The van der Waals surface area contributed by atoms with Crippen LogP contribution in [-0.2, 0) is 6.54 Å². The number of aromatic nitrogens is 4. The molecule has 9 nitrogen and oxygen atoms in total. The second kappa shape index (κ2) is 12.5. The lowest BCUT2D eigenvalue weighted by Gasteiger charge is -2.18. The molecule has 0 spiro atoms. The first kappa shape index (κ1) is 24.9. The van der Waals surface area contributed by atoms with Crippen molar-refractivity contribution in [1.82, 2.24) is 24.8 Å². The molecule has 4 N–H and O–H groups in total. The lowest BCUT2D eigenvalue weighted by Crippen LogP contribution is -2.27. The summed E-state index contributed by atoms with van der Waals surface area (Å²) in [7, 11) is 0. The van der Waals surface area contributed by atoms with Crippen molar-refractivity contribution in [2.45, 2.75) is 20.4 Å². The second-order valence-electron chi connectivity index (χ2n) is 8.16. The average Bonchev–Trinajstić information content (AvgIpc) is 2.92. The van der Waals surface area contributed by atoms with Gasteiger partial charge in [0.25, 0.3) is 0 Å². The van der Waals surface area contributed by atoms with Gasteiger partial charge < -0.3 is 26.0 Å². The molecule has 0 unspecified atom stereocenters. The van der Waals surface area contributed by atoms with E-state index in [1.54, 1.807) is 18.6 Å². The van der Waals surface area contributed by atoms with Crippen molar-refractivity contribution in [3.63, 3.8) is 0 Å². The molecule has 4 aromatic rings. The highest BCUT2D eigenvalue weighted by molar-refractivity contribution is 5.75. The molecule has 0 amide bonds. The van der Waals surface area contributed by atoms with Crippen LogP contribution < -0.4 is 21.1 Å². The van der Waals surface area contributed by atoms with Gasteiger partial charge in [0.15, 0.2) is 0 Å². The molecule has 0 saturated heterocycles. The fourth-order valence-corrected chi connectivity index (χ4v) is 3.70. The summed E-state index contributed by atoms with van der Waals surface area (Å²) in [4.78, 5) is 19.8. The van der Waals surface area contributed by atoms with Crippen LogP contribution in [-0.4, -0.2) is 51.1 Å². The summed E-state index contributed by atoms with van der Waals surface area (Å²) in [5.41, 5.74) is 10.3. The Balaban J connectivity index is 1.47. The third-order valence-corrected chi connectivity index (χ3v) is 5.84. The van der Waals surface area contributed by atoms with E-state index in [0.717, 1.165) is 53.4 Å². The quantitative estimate of drug-likeness (QED) is 0.248. The third-order valence-electron chi connectivity index (χ3n) is 5.84. The van der Waals surface area contributed by atoms with Gasteiger partial charge in [-0.05, 0) is 49.0 Å². The summed E-state index contributed by atoms with van der Waals surface area (Å²) < 4.78 is 5.88. The maximum atomic E-state index is 6.12. The first-order valence-corrected chi connectivity index (χ1v) is 12.1. The van der Waals surface area contributed by atoms with Gasteiger partial charge in [0, 0.05) is 54.2 Å². The van der Waals surface area contributed by atoms with Gasteiger partial charge in [-0.2, -0.15) is 4.98 Å². The van der Waals surface area contributed by atoms with Crippen LogP contribution in [0.25, 0.3) is 11.1 Å². The molecule has 0 fully saturated rings. The van der Waals surface area contributed by atoms with E-state index < -0.39 is 0 Å². The van der Waals surface area contributed by atoms with Crippen LogP contribution in [0.4, 0.5) is 23.1 Å². The van der Waals surface area contributed by atoms with Crippen molar-refractivity contribution in [3.05, 3.63) is 79.0 Å². The summed E-state index contributed by atoms with van der Waals surface area (Å²) in [5.74, 6) is 1.95. The third kappa shape index (κ3) is 6.67. The molecule has 0 aliphatic heterocycles. The molecular weight excluding hydrogens is 452 g/mol. The second-order valence-corrected chi connectivity index (χ2v) is 8.16. The van der Waals surface area contributed by atoms with Crippen LogP contribution in [0.5, 0.6) is 5.75 Å². The summed E-state index contributed by atoms with van der Waals surface area (Å²) in [6, 6.07) is 15.5. The first-order chi connectivity index (χ1) is 17.7. The molecule has 2 aromatic heterocycles. The Bertz CT molecular complexity index is 1230. The van der Waals surface area contributed by atoms with E-state index in [-0.39, 0.29) is 0 Å². The minimum absolute atomic E-state index is 0.467. The van der Waals surface area contributed by atoms with Crippen molar-refractivity contribution in [3.8, 4) is 16.9 Å². The fraction of sp³-hybridized carbons (Fsp3) is 0.259. The number of likely N-dealkylation sites (N-methyl/N-ethyl adjacent to an activating group) is 1. The Morgan fingerprint density at radius 1 is 0.944 bits per heavy atom. The Hall–Kier alpha value is -4.24. The monoisotopic (exact) mass is 484 g/mol. The van der Waals surface area contributed by atoms with Crippen LogP contribution >= 0.6 is 0 Å². The lowest BCUT2D eigenvalue weighted by atomic mass is 10.1. The topological polar surface area (TPSA) is 114 Å². The predicted molar refractivity (Wildman–Crippen MR) is 144 cm³/mol. The highest BCUT2D eigenvalue weighted by atomic mass is 16.5. The van der Waals surface area contributed by atoms with E-state index in [9.17, 15) is 0 Å². The van der Waals surface area contributed by atoms with Crippen LogP contribution in [0.3, 0.4) is 0 Å². The van der Waals surface area contributed by atoms with E-state index in [0.29, 0.717) is 24.9 Å². The van der Waals surface area contributed by atoms with E-state index in [4.69, 9.17) is 15.5 Å². The summed E-state index contributed by atoms with van der Waals surface area (Å²) >= 11 is 0. The van der Waals surface area contributed by atoms with Crippen molar-refractivity contribution >= 4 is 23.1 Å². The number of hydrogen-bond acceptors (Lipinski definition) is 9. The Morgan fingerprint density at radius 2 is 1.69 bits per heavy atom. The van der Waals surface area contributed by atoms with Crippen molar-refractivity contribution in [1.29, 1.82) is 0 Å². The molecule has 0 bridgehead atoms. The molecule has 36 heavy (non-hydrogen) atoms. The number of hydrogen-bond donors (Lipinski definition) is 3. The number of ether oxygens (including phenoxy) is 1. The van der Waals surface area contributed by atoms with Crippen LogP contribution in [0.2, 0.25) is 0 Å². The molecule has 4 rings (SSSR count). The fourth-order valence-electron chi connectivity index (χ4n) is 3.70. The van der Waals surface area contributed by atoms with E-state index in [1.165, 1.54) is 6.33 Å². The van der Waals surface area contributed by atoms with Gasteiger partial charge in [0.05, 0.1) is 0 Å². The molecule has 2 heterocycles. The van der Waals surface area contributed by atoms with Gasteiger partial charge >= 0.3 is 0 Å². The zero-order chi connectivity index (χ0) is 25.2. The minimum atomic E-state index is 0.467. The highest BCUT2D eigenvalue weighted by Gasteiger charge is 2.11. The highest BCUT2D eigenvalue weighted by Crippen LogP contribution is 2.27. The van der Waals surface area contributed by atoms with Gasteiger partial charge in [-0.1, -0.05) is 32.0 Å². The predicted octanol–water partition coefficient (Wildman–Crippen LogP) is 4.59. The molecule has 186 valence electrons. The van der Waals surface area contributed by atoms with Crippen molar-refractivity contribution in [2.24, 2.45) is 0 Å². The van der Waals surface area contributed by atoms with Crippen LogP contribution in [0.1, 0.15) is 19.4 Å². The minimum Gasteiger partial charge on any atom is -0.492 e. The normalized spacial score (nSPS) is 10.9. The largest absolute Gasteiger partial charge is 0.492 e. The Morgan fingerprint density at radius 3 is 2.42 bits per heavy atom. The number of nitrogens with one attached hydrogen (secondary N) is 2. The summed E-state index contributed by atoms with van der Waals surface area (Å²) in [6.07, 6.45) is 6.73. The number of para-hydroxylation sites is 1. The molecule has 9 heteroatoms. The molecule has 0 radical (unpaired) electrons. The maximum Gasteiger partial charge on any atom is 0.229 e. The van der Waals surface area contributed by atoms with E-state index in [1.807, 2.05) is 48.5 Å². The average molecular weight is 485 g/mol. The Labute approximate surface area is 211 Å². The number of nitrogens with two attached hydrogens (primary N) is 1. The smallest absolute Gasteiger partial charge is 0.229 e. The molecule has 0 aliphatic rings. The maximum absolute atomic E-state index is 6.12. The van der Waals surface area contributed by atoms with Gasteiger partial charge in [-0.15, -0.1) is 0 Å². The first-order valence-electron chi connectivity index (χ1n) is 12.1. The zero-order valence-electron chi connectivity index (χ0n) is 20.7. The van der Waals surface area contributed by atoms with Crippen LogP contribution in [0.15, 0.2) is 73.4 Å². The summed E-state index contributed by atoms with van der Waals surface area (Å²) in [6.45, 7) is 8.44. The van der Waals surface area contributed by atoms with Crippen molar-refractivity contribution < 1.29 is 4.74 Å². The van der Waals surface area contributed by atoms with Gasteiger partial charge in [-0.3, -0.25) is 0 Å². The number of rotatable bonds is 12. The van der Waals surface area contributed by atoms with E-state index in [2.05, 4.69) is 44.3 Å². The standard InChI is InChI=1S/C27H32N8O/c1-3-35(4-2)13-14-36-23-11-9-22(10-12-23)33-27-32-18-24(21-15-29-19-30-16-21)26(34-27)31-17-20-7-5-6-8-25(20)28/h5-12,15-16,18-19H,3-4,13-14,17,28H2,1-2H3,(H2,31,32,33,34). The van der Waals surface area contributed by atoms with Crippen LogP contribution in [0, 0.1) is 0 Å². The SMILES string of the molecule is CCN(CC)CCOc1ccc(Nc2ncc(-c3cncnc3)c(NCc3ccccc3N)n2)cc1. The molecule has 0 aliphatic carbocycles. The van der Waals surface area contributed by atoms with Gasteiger partial charge in [0.2, 0.25) is 5.95 Å². The number of benzene rings is 2. The molecule has 0 saturated carbocycles. The van der Waals surface area contributed by atoms with E-state index >= 15 is 0 Å². The molecule has 0 atom stereocenters. The van der Waals surface area contributed by atoms with Crippen molar-refractivity contribution in [2.75, 3.05) is 42.6 Å². The number of nitrogen functional groups attached to an aromatic ring is 1. The van der Waals surface area contributed by atoms with Gasteiger partial charge in [0.1, 0.15) is 24.5 Å².